The van der Waals surface area contributed by atoms with E-state index in [1.54, 1.807) is 20.6 Å². The van der Waals surface area contributed by atoms with Crippen LogP contribution in [-0.2, 0) is 32.9 Å². The summed E-state index contributed by atoms with van der Waals surface area (Å²) in [7, 11) is 0. The molecular weight excluding hydrogens is 498 g/mol. The van der Waals surface area contributed by atoms with Gasteiger partial charge in [-0.3, -0.25) is 19.2 Å². The van der Waals surface area contributed by atoms with E-state index in [1.807, 2.05) is 48.7 Å². The lowest BCUT2D eigenvalue weighted by molar-refractivity contribution is -0.145. The Hall–Kier alpha value is -4.02. The van der Waals surface area contributed by atoms with Gasteiger partial charge in [0.15, 0.2) is 12.2 Å². The topological polar surface area (TPSA) is 110 Å². The van der Waals surface area contributed by atoms with Gasteiger partial charge in [-0.1, -0.05) is 30.3 Å². The standard InChI is InChI=1S/C29H31N5O5/c1-3-12-33-24-9-8-21(34-25-6-4-5-7-26(25)38-18-27(34)36)16-23(24)29(28(33)37)19(2)15-22(39-29)10-13-32-17-20(11-14-35)30-31-32/h3-9,16-17,19,22,35H,1,10-15,18H2,2H3/t19-,22+,29+/m0/s1. The van der Waals surface area contributed by atoms with Gasteiger partial charge in [-0.05, 0) is 43.2 Å². The molecule has 1 aromatic heterocycles. The molecule has 1 N–H and O–H groups in total. The molecule has 4 heterocycles. The SMILES string of the molecule is C=CCN1C(=O)[C@]2(O[C@H](CCn3cc(CCO)nn3)C[C@@H]2C)c2cc(N3C(=O)COc4ccccc43)ccc21. The van der Waals surface area contributed by atoms with Gasteiger partial charge in [-0.15, -0.1) is 11.7 Å². The van der Waals surface area contributed by atoms with Gasteiger partial charge >= 0.3 is 0 Å². The summed E-state index contributed by atoms with van der Waals surface area (Å²) in [6.45, 7) is 6.82. The van der Waals surface area contributed by atoms with Crippen molar-refractivity contribution < 1.29 is 24.2 Å². The zero-order valence-electron chi connectivity index (χ0n) is 21.8. The Bertz CT molecular complexity index is 1440. The Morgan fingerprint density at radius 1 is 1.21 bits per heavy atom. The lowest BCUT2D eigenvalue weighted by atomic mass is 9.82. The fourth-order valence-electron chi connectivity index (χ4n) is 6.02. The number of carbonyl (C=O) groups is 2. The van der Waals surface area contributed by atoms with Crippen LogP contribution in [0.3, 0.4) is 0 Å². The largest absolute Gasteiger partial charge is 0.482 e. The van der Waals surface area contributed by atoms with Crippen molar-refractivity contribution in [1.29, 1.82) is 0 Å². The number of rotatable bonds is 8. The summed E-state index contributed by atoms with van der Waals surface area (Å²) >= 11 is 0. The maximum atomic E-state index is 14.0. The maximum Gasteiger partial charge on any atom is 0.269 e. The Labute approximate surface area is 226 Å². The molecule has 1 fully saturated rings. The number of aryl methyl sites for hydroxylation is 1. The van der Waals surface area contributed by atoms with Crippen LogP contribution >= 0.6 is 0 Å². The molecule has 1 saturated heterocycles. The molecule has 3 aliphatic rings. The van der Waals surface area contributed by atoms with E-state index in [2.05, 4.69) is 23.8 Å². The Kier molecular flexibility index (Phi) is 6.44. The number of benzene rings is 2. The number of para-hydroxylation sites is 2. The lowest BCUT2D eigenvalue weighted by Gasteiger charge is -2.31. The molecule has 6 rings (SSSR count). The molecule has 0 saturated carbocycles. The number of aliphatic hydroxyl groups is 1. The number of carbonyl (C=O) groups excluding carboxylic acids is 2. The van der Waals surface area contributed by atoms with Crippen LogP contribution in [0.1, 0.15) is 31.0 Å². The molecule has 3 aliphatic heterocycles. The minimum atomic E-state index is -1.15. The molecule has 202 valence electrons. The molecule has 0 bridgehead atoms. The van der Waals surface area contributed by atoms with E-state index in [0.717, 1.165) is 16.9 Å². The minimum absolute atomic E-state index is 0.0246. The van der Waals surface area contributed by atoms with Crippen molar-refractivity contribution in [3.8, 4) is 5.75 Å². The first kappa shape index (κ1) is 25.3. The summed E-state index contributed by atoms with van der Waals surface area (Å²) in [5.41, 5.74) is 2.46. The first-order valence-corrected chi connectivity index (χ1v) is 13.3. The van der Waals surface area contributed by atoms with E-state index >= 15 is 0 Å². The molecule has 39 heavy (non-hydrogen) atoms. The van der Waals surface area contributed by atoms with Gasteiger partial charge in [0.2, 0.25) is 0 Å². The van der Waals surface area contributed by atoms with E-state index in [4.69, 9.17) is 14.6 Å². The molecule has 0 unspecified atom stereocenters. The van der Waals surface area contributed by atoms with Gasteiger partial charge < -0.3 is 19.5 Å². The normalized spacial score (nSPS) is 23.7. The third kappa shape index (κ3) is 4.11. The lowest BCUT2D eigenvalue weighted by Crippen LogP contribution is -2.44. The van der Waals surface area contributed by atoms with Crippen LogP contribution in [0.4, 0.5) is 17.1 Å². The number of hydrogen-bond donors (Lipinski definition) is 1. The fourth-order valence-corrected chi connectivity index (χ4v) is 6.02. The van der Waals surface area contributed by atoms with Gasteiger partial charge in [0, 0.05) is 49.5 Å². The highest BCUT2D eigenvalue weighted by atomic mass is 16.5. The molecule has 0 aliphatic carbocycles. The van der Waals surface area contributed by atoms with Crippen molar-refractivity contribution in [2.24, 2.45) is 5.92 Å². The summed E-state index contributed by atoms with van der Waals surface area (Å²) in [6, 6.07) is 13.1. The zero-order valence-corrected chi connectivity index (χ0v) is 21.8. The van der Waals surface area contributed by atoms with Gasteiger partial charge in [0.05, 0.1) is 23.2 Å². The van der Waals surface area contributed by atoms with Crippen molar-refractivity contribution in [2.75, 3.05) is 29.6 Å². The Morgan fingerprint density at radius 3 is 2.87 bits per heavy atom. The Balaban J connectivity index is 1.34. The van der Waals surface area contributed by atoms with E-state index in [0.29, 0.717) is 49.5 Å². The highest BCUT2D eigenvalue weighted by Gasteiger charge is 2.60. The van der Waals surface area contributed by atoms with Gasteiger partial charge in [-0.25, -0.2) is 0 Å². The predicted octanol–water partition coefficient (Wildman–Crippen LogP) is 3.11. The monoisotopic (exact) mass is 529 g/mol. The molecule has 10 nitrogen and oxygen atoms in total. The molecule has 3 atom stereocenters. The molecule has 2 aromatic carbocycles. The number of anilines is 3. The van der Waals surface area contributed by atoms with Crippen LogP contribution in [0.15, 0.2) is 61.3 Å². The van der Waals surface area contributed by atoms with Crippen molar-refractivity contribution in [3.05, 3.63) is 72.6 Å². The number of nitrogens with zero attached hydrogens (tertiary/aromatic N) is 5. The van der Waals surface area contributed by atoms with Crippen LogP contribution < -0.4 is 14.5 Å². The number of aliphatic hydroxyl groups excluding tert-OH is 1. The second-order valence-electron chi connectivity index (χ2n) is 10.2. The van der Waals surface area contributed by atoms with E-state index in [9.17, 15) is 9.59 Å². The van der Waals surface area contributed by atoms with Crippen molar-refractivity contribution >= 4 is 28.9 Å². The molecule has 10 heteroatoms. The summed E-state index contributed by atoms with van der Waals surface area (Å²) < 4.78 is 14.1. The van der Waals surface area contributed by atoms with Crippen LogP contribution in [0.5, 0.6) is 5.75 Å². The van der Waals surface area contributed by atoms with Crippen LogP contribution in [0.2, 0.25) is 0 Å². The number of fused-ring (bicyclic) bond motifs is 3. The summed E-state index contributed by atoms with van der Waals surface area (Å²) in [6.07, 6.45) is 5.20. The molecule has 0 radical (unpaired) electrons. The summed E-state index contributed by atoms with van der Waals surface area (Å²) in [5.74, 6) is 0.260. The zero-order chi connectivity index (χ0) is 27.1. The number of amides is 2. The first-order chi connectivity index (χ1) is 19.0. The average molecular weight is 530 g/mol. The molecule has 3 aromatic rings. The molecular formula is C29H31N5O5. The summed E-state index contributed by atoms with van der Waals surface area (Å²) in [5, 5.41) is 17.4. The second kappa shape index (κ2) is 9.94. The maximum absolute atomic E-state index is 14.0. The summed E-state index contributed by atoms with van der Waals surface area (Å²) in [4.78, 5) is 30.4. The number of aromatic nitrogens is 3. The number of ether oxygens (including phenoxy) is 2. The highest BCUT2D eigenvalue weighted by Crippen LogP contribution is 2.54. The first-order valence-electron chi connectivity index (χ1n) is 13.3. The highest BCUT2D eigenvalue weighted by molar-refractivity contribution is 6.09. The van der Waals surface area contributed by atoms with Crippen LogP contribution in [-0.4, -0.2) is 57.8 Å². The smallest absolute Gasteiger partial charge is 0.269 e. The van der Waals surface area contributed by atoms with Gasteiger partial charge in [0.1, 0.15) is 5.75 Å². The molecule has 2 amide bonds. The number of hydrogen-bond acceptors (Lipinski definition) is 7. The minimum Gasteiger partial charge on any atom is -0.482 e. The van der Waals surface area contributed by atoms with E-state index < -0.39 is 5.60 Å². The van der Waals surface area contributed by atoms with Crippen molar-refractivity contribution in [3.63, 3.8) is 0 Å². The molecule has 1 spiro atoms. The van der Waals surface area contributed by atoms with Gasteiger partial charge in [0.25, 0.3) is 11.8 Å². The third-order valence-corrected chi connectivity index (χ3v) is 7.81. The average Bonchev–Trinajstić information content (AvgIpc) is 3.60. The van der Waals surface area contributed by atoms with E-state index in [1.165, 1.54) is 0 Å². The quantitative estimate of drug-likeness (QED) is 0.447. The van der Waals surface area contributed by atoms with E-state index in [-0.39, 0.29) is 37.0 Å². The fraction of sp³-hybridized carbons (Fsp3) is 0.379. The Morgan fingerprint density at radius 2 is 2.05 bits per heavy atom. The third-order valence-electron chi connectivity index (χ3n) is 7.81. The van der Waals surface area contributed by atoms with Crippen LogP contribution in [0, 0.1) is 5.92 Å². The van der Waals surface area contributed by atoms with Crippen molar-refractivity contribution in [2.45, 2.75) is 44.4 Å². The van der Waals surface area contributed by atoms with Crippen LogP contribution in [0.25, 0.3) is 0 Å². The van der Waals surface area contributed by atoms with Crippen molar-refractivity contribution in [1.82, 2.24) is 15.0 Å². The predicted molar refractivity (Wildman–Crippen MR) is 144 cm³/mol. The van der Waals surface area contributed by atoms with Gasteiger partial charge in [-0.2, -0.15) is 0 Å². The second-order valence-corrected chi connectivity index (χ2v) is 10.2.